The highest BCUT2D eigenvalue weighted by Gasteiger charge is 2.25. The van der Waals surface area contributed by atoms with E-state index in [2.05, 4.69) is 36.5 Å². The van der Waals surface area contributed by atoms with Gasteiger partial charge in [-0.1, -0.05) is 67.4 Å². The fourth-order valence-electron chi connectivity index (χ4n) is 3.15. The van der Waals surface area contributed by atoms with Crippen LogP contribution in [0.5, 0.6) is 0 Å². The molecule has 2 aromatic carbocycles. The summed E-state index contributed by atoms with van der Waals surface area (Å²) in [4.78, 5) is 27.3. The van der Waals surface area contributed by atoms with Gasteiger partial charge < -0.3 is 10.2 Å². The van der Waals surface area contributed by atoms with Gasteiger partial charge in [-0.15, -0.1) is 0 Å². The van der Waals surface area contributed by atoms with Gasteiger partial charge in [0, 0.05) is 19.5 Å². The summed E-state index contributed by atoms with van der Waals surface area (Å²) in [6.07, 6.45) is 2.79. The number of hydrogen-bond donors (Lipinski definition) is 1. The Kier molecular flexibility index (Phi) is 9.67. The summed E-state index contributed by atoms with van der Waals surface area (Å²) in [6.45, 7) is 6.75. The van der Waals surface area contributed by atoms with Crippen LogP contribution in [0.1, 0.15) is 50.3 Å². The average molecular weight is 449 g/mol. The zero-order valence-corrected chi connectivity index (χ0v) is 19.4. The maximum absolute atomic E-state index is 13.1. The molecule has 0 aliphatic heterocycles. The molecule has 2 rings (SSSR count). The first kappa shape index (κ1) is 24.2. The molecule has 1 atom stereocenters. The van der Waals surface area contributed by atoms with Crippen LogP contribution < -0.4 is 5.32 Å². The number of benzene rings is 2. The minimum atomic E-state index is -0.582. The van der Waals surface area contributed by atoms with E-state index in [1.54, 1.807) is 24.0 Å². The van der Waals surface area contributed by atoms with Crippen molar-refractivity contribution in [2.24, 2.45) is 0 Å². The normalized spacial score (nSPS) is 11.8. The lowest BCUT2D eigenvalue weighted by Gasteiger charge is -2.29. The molecule has 0 aromatic heterocycles. The summed E-state index contributed by atoms with van der Waals surface area (Å²) in [6, 6.07) is 13.0. The second kappa shape index (κ2) is 12.0. The van der Waals surface area contributed by atoms with Gasteiger partial charge in [-0.25, -0.2) is 0 Å². The van der Waals surface area contributed by atoms with Crippen LogP contribution in [0.4, 0.5) is 0 Å². The van der Waals surface area contributed by atoms with Gasteiger partial charge in [0.05, 0.1) is 10.0 Å². The van der Waals surface area contributed by atoms with E-state index in [9.17, 15) is 9.59 Å². The zero-order chi connectivity index (χ0) is 22.1. The second-order valence-electron chi connectivity index (χ2n) is 7.41. The predicted octanol–water partition coefficient (Wildman–Crippen LogP) is 5.43. The molecule has 0 spiro atoms. The Hall–Kier alpha value is -2.04. The first-order valence-electron chi connectivity index (χ1n) is 10.4. The monoisotopic (exact) mass is 448 g/mol. The van der Waals surface area contributed by atoms with Crippen molar-refractivity contribution >= 4 is 35.0 Å². The van der Waals surface area contributed by atoms with Gasteiger partial charge in [-0.2, -0.15) is 0 Å². The number of hydrogen-bond acceptors (Lipinski definition) is 2. The van der Waals surface area contributed by atoms with Gasteiger partial charge >= 0.3 is 0 Å². The average Bonchev–Trinajstić information content (AvgIpc) is 2.76. The van der Waals surface area contributed by atoms with Crippen LogP contribution >= 0.6 is 23.2 Å². The van der Waals surface area contributed by atoms with Crippen LogP contribution in [0.3, 0.4) is 0 Å². The Morgan fingerprint density at radius 3 is 2.20 bits per heavy atom. The number of carbonyl (C=O) groups excluding carboxylic acids is 2. The Balaban J connectivity index is 2.14. The van der Waals surface area contributed by atoms with Crippen LogP contribution in [-0.4, -0.2) is 29.3 Å². The van der Waals surface area contributed by atoms with Crippen molar-refractivity contribution in [1.82, 2.24) is 10.2 Å². The maximum atomic E-state index is 13.1. The number of nitrogens with zero attached hydrogens (tertiary/aromatic N) is 1. The first-order valence-corrected chi connectivity index (χ1v) is 11.2. The molecule has 0 saturated carbocycles. The Bertz CT molecular complexity index is 853. The molecule has 0 unspecified atom stereocenters. The fourth-order valence-corrected chi connectivity index (χ4v) is 3.47. The molecule has 4 nitrogen and oxygen atoms in total. The highest BCUT2D eigenvalue weighted by Crippen LogP contribution is 2.24. The number of halogens is 2. The molecule has 0 aliphatic rings. The van der Waals surface area contributed by atoms with Gasteiger partial charge in [-0.05, 0) is 55.0 Å². The van der Waals surface area contributed by atoms with E-state index >= 15 is 0 Å². The number of aryl methyl sites for hydroxylation is 2. The van der Waals surface area contributed by atoms with E-state index in [4.69, 9.17) is 23.2 Å². The summed E-state index contributed by atoms with van der Waals surface area (Å²) in [5.41, 5.74) is 3.21. The Morgan fingerprint density at radius 1 is 0.967 bits per heavy atom. The van der Waals surface area contributed by atoms with Gasteiger partial charge in [0.2, 0.25) is 11.8 Å². The summed E-state index contributed by atoms with van der Waals surface area (Å²) in [5.74, 6) is -0.225. The lowest BCUT2D eigenvalue weighted by Crippen LogP contribution is -2.47. The molecule has 6 heteroatoms. The fraction of sp³-hybridized carbons (Fsp3) is 0.417. The number of rotatable bonds is 10. The SMILES string of the molecule is CCCNC(=O)[C@H](C)N(Cc1ccc(Cl)c(Cl)c1)C(=O)CCc1ccc(CC)cc1. The number of nitrogens with one attached hydrogen (secondary N) is 1. The molecule has 162 valence electrons. The third-order valence-electron chi connectivity index (χ3n) is 5.11. The van der Waals surface area contributed by atoms with Gasteiger partial charge in [0.1, 0.15) is 6.04 Å². The predicted molar refractivity (Wildman–Crippen MR) is 124 cm³/mol. The van der Waals surface area contributed by atoms with Crippen molar-refractivity contribution in [2.45, 2.75) is 59.0 Å². The summed E-state index contributed by atoms with van der Waals surface area (Å²) in [5, 5.41) is 3.77. The Morgan fingerprint density at radius 2 is 1.60 bits per heavy atom. The van der Waals surface area contributed by atoms with Crippen LogP contribution in [0.25, 0.3) is 0 Å². The largest absolute Gasteiger partial charge is 0.354 e. The first-order chi connectivity index (χ1) is 14.3. The van der Waals surface area contributed by atoms with Crippen molar-refractivity contribution in [2.75, 3.05) is 6.54 Å². The minimum absolute atomic E-state index is 0.0696. The standard InChI is InChI=1S/C24H30Cl2N2O2/c1-4-14-27-24(30)17(3)28(16-20-10-12-21(25)22(26)15-20)23(29)13-11-19-8-6-18(5-2)7-9-19/h6-10,12,15,17H,4-5,11,13-14,16H2,1-3H3,(H,27,30)/t17-/m0/s1. The summed E-state index contributed by atoms with van der Waals surface area (Å²) in [7, 11) is 0. The number of carbonyl (C=O) groups is 2. The maximum Gasteiger partial charge on any atom is 0.242 e. The minimum Gasteiger partial charge on any atom is -0.354 e. The van der Waals surface area contributed by atoms with Crippen LogP contribution in [0.2, 0.25) is 10.0 Å². The van der Waals surface area contributed by atoms with Crippen LogP contribution in [-0.2, 0) is 29.0 Å². The van der Waals surface area contributed by atoms with Gasteiger partial charge in [0.15, 0.2) is 0 Å². The molecule has 2 amide bonds. The lowest BCUT2D eigenvalue weighted by molar-refractivity contribution is -0.140. The van der Waals surface area contributed by atoms with Crippen molar-refractivity contribution in [1.29, 1.82) is 0 Å². The summed E-state index contributed by atoms with van der Waals surface area (Å²) < 4.78 is 0. The topological polar surface area (TPSA) is 49.4 Å². The van der Waals surface area contributed by atoms with E-state index in [0.717, 1.165) is 24.0 Å². The molecule has 0 heterocycles. The number of amides is 2. The second-order valence-corrected chi connectivity index (χ2v) is 8.22. The highest BCUT2D eigenvalue weighted by molar-refractivity contribution is 6.42. The van der Waals surface area contributed by atoms with E-state index in [-0.39, 0.29) is 11.8 Å². The van der Waals surface area contributed by atoms with E-state index in [1.165, 1.54) is 5.56 Å². The van der Waals surface area contributed by atoms with E-state index < -0.39 is 6.04 Å². The molecular formula is C24H30Cl2N2O2. The third kappa shape index (κ3) is 7.03. The molecule has 0 bridgehead atoms. The lowest BCUT2D eigenvalue weighted by atomic mass is 10.0. The Labute approximate surface area is 189 Å². The molecular weight excluding hydrogens is 419 g/mol. The third-order valence-corrected chi connectivity index (χ3v) is 5.85. The van der Waals surface area contributed by atoms with Crippen molar-refractivity contribution in [3.63, 3.8) is 0 Å². The van der Waals surface area contributed by atoms with E-state index in [1.807, 2.05) is 13.0 Å². The van der Waals surface area contributed by atoms with Crippen LogP contribution in [0.15, 0.2) is 42.5 Å². The van der Waals surface area contributed by atoms with Crippen molar-refractivity contribution in [3.05, 3.63) is 69.2 Å². The molecule has 0 fully saturated rings. The van der Waals surface area contributed by atoms with Crippen molar-refractivity contribution < 1.29 is 9.59 Å². The molecule has 0 aliphatic carbocycles. The van der Waals surface area contributed by atoms with Gasteiger partial charge in [-0.3, -0.25) is 9.59 Å². The van der Waals surface area contributed by atoms with Crippen LogP contribution in [0, 0.1) is 0 Å². The molecule has 2 aromatic rings. The molecule has 30 heavy (non-hydrogen) atoms. The van der Waals surface area contributed by atoms with E-state index in [0.29, 0.717) is 36.0 Å². The molecule has 1 N–H and O–H groups in total. The van der Waals surface area contributed by atoms with Gasteiger partial charge in [0.25, 0.3) is 0 Å². The zero-order valence-electron chi connectivity index (χ0n) is 17.9. The highest BCUT2D eigenvalue weighted by atomic mass is 35.5. The molecule has 0 radical (unpaired) electrons. The summed E-state index contributed by atoms with van der Waals surface area (Å²) >= 11 is 12.2. The van der Waals surface area contributed by atoms with Crippen molar-refractivity contribution in [3.8, 4) is 0 Å². The molecule has 0 saturated heterocycles. The quantitative estimate of drug-likeness (QED) is 0.526. The smallest absolute Gasteiger partial charge is 0.242 e.